The highest BCUT2D eigenvalue weighted by molar-refractivity contribution is 6.00. The fourth-order valence-electron chi connectivity index (χ4n) is 5.84. The molecule has 2 saturated heterocycles. The lowest BCUT2D eigenvalue weighted by molar-refractivity contribution is -0.274. The Morgan fingerprint density at radius 3 is 2.39 bits per heavy atom. The monoisotopic (exact) mass is 658 g/mol. The van der Waals surface area contributed by atoms with Crippen molar-refractivity contribution >= 4 is 30.1 Å². The number of likely N-dealkylation sites (tertiary alicyclic amines) is 2. The highest BCUT2D eigenvalue weighted by Gasteiger charge is 2.36. The van der Waals surface area contributed by atoms with Crippen molar-refractivity contribution in [3.05, 3.63) is 89.2 Å². The molecule has 13 heteroatoms. The maximum Gasteiger partial charge on any atom is 0.573 e. The number of piperidine rings is 2. The summed E-state index contributed by atoms with van der Waals surface area (Å²) in [6.07, 6.45) is -3.61. The van der Waals surface area contributed by atoms with Crippen LogP contribution in [0, 0.1) is 17.1 Å². The molecule has 1 N–H and O–H groups in total. The number of nitrogens with zero attached hydrogens (tertiary/aromatic N) is 3. The highest BCUT2D eigenvalue weighted by Crippen LogP contribution is 2.34. The van der Waals surface area contributed by atoms with E-state index in [1.165, 1.54) is 24.3 Å². The molecule has 0 saturated carbocycles. The minimum atomic E-state index is -4.95. The Morgan fingerprint density at radius 2 is 1.74 bits per heavy atom. The number of benzene rings is 3. The van der Waals surface area contributed by atoms with Gasteiger partial charge in [-0.25, -0.2) is 4.39 Å². The summed E-state index contributed by atoms with van der Waals surface area (Å²) in [7, 11) is 0. The number of carbonyl (C=O) groups is 3. The molecule has 2 heterocycles. The van der Waals surface area contributed by atoms with Crippen molar-refractivity contribution in [1.29, 1.82) is 5.26 Å². The molecule has 0 bridgehead atoms. The first-order chi connectivity index (χ1) is 21.5. The van der Waals surface area contributed by atoms with Crippen LogP contribution in [-0.2, 0) is 20.9 Å². The minimum Gasteiger partial charge on any atom is -0.405 e. The Kier molecular flexibility index (Phi) is 11.0. The van der Waals surface area contributed by atoms with Crippen molar-refractivity contribution in [1.82, 2.24) is 15.1 Å². The second-order valence-corrected chi connectivity index (χ2v) is 11.0. The first-order valence-electron chi connectivity index (χ1n) is 14.5. The second-order valence-electron chi connectivity index (χ2n) is 11.0. The number of halogens is 5. The summed E-state index contributed by atoms with van der Waals surface area (Å²) in [5, 5.41) is 12.4. The molecule has 242 valence electrons. The maximum absolute atomic E-state index is 14.8. The molecule has 0 aromatic heterocycles. The molecule has 0 aliphatic carbocycles. The molecule has 0 radical (unpaired) electrons. The summed E-state index contributed by atoms with van der Waals surface area (Å²) in [5.74, 6) is -2.47. The zero-order valence-electron chi connectivity index (χ0n) is 24.6. The van der Waals surface area contributed by atoms with Crippen LogP contribution in [0.4, 0.5) is 17.6 Å². The highest BCUT2D eigenvalue weighted by atomic mass is 35.5. The lowest BCUT2D eigenvalue weighted by Crippen LogP contribution is -2.53. The third-order valence-corrected chi connectivity index (χ3v) is 8.12. The van der Waals surface area contributed by atoms with Crippen LogP contribution in [0.2, 0.25) is 0 Å². The zero-order chi connectivity index (χ0) is 32.1. The molecule has 8 nitrogen and oxygen atoms in total. The predicted molar refractivity (Wildman–Crippen MR) is 162 cm³/mol. The molecule has 0 spiro atoms. The lowest BCUT2D eigenvalue weighted by atomic mass is 9.85. The number of ether oxygens (including phenoxy) is 1. The topological polar surface area (TPSA) is 103 Å². The summed E-state index contributed by atoms with van der Waals surface area (Å²) in [5.41, 5.74) is 1.58. The van der Waals surface area contributed by atoms with Crippen LogP contribution in [0.25, 0.3) is 11.1 Å². The molecule has 2 atom stereocenters. The SMILES string of the molecule is Cl.N#Cc1ccc(-c2ccc(OC(F)(F)F)c(CN[C@H]3CCN(C(=O)CN4C(=O)CCCC4=O)C[C@H]3c3ccccc3)c2)c(F)c1. The van der Waals surface area contributed by atoms with Crippen molar-refractivity contribution in [3.63, 3.8) is 0 Å². The first-order valence-corrected chi connectivity index (χ1v) is 14.5. The van der Waals surface area contributed by atoms with Gasteiger partial charge in [-0.05, 0) is 48.2 Å². The van der Waals surface area contributed by atoms with E-state index in [-0.39, 0.29) is 91.3 Å². The Balaban J connectivity index is 0.00000480. The summed E-state index contributed by atoms with van der Waals surface area (Å²) in [4.78, 5) is 40.4. The van der Waals surface area contributed by atoms with Gasteiger partial charge in [-0.1, -0.05) is 42.5 Å². The largest absolute Gasteiger partial charge is 0.573 e. The molecular weight excluding hydrogens is 628 g/mol. The van der Waals surface area contributed by atoms with Crippen molar-refractivity contribution in [3.8, 4) is 22.9 Å². The van der Waals surface area contributed by atoms with E-state index in [9.17, 15) is 31.9 Å². The van der Waals surface area contributed by atoms with Crippen LogP contribution >= 0.6 is 12.4 Å². The van der Waals surface area contributed by atoms with Crippen LogP contribution in [0.3, 0.4) is 0 Å². The molecule has 5 rings (SSSR count). The van der Waals surface area contributed by atoms with E-state index in [2.05, 4.69) is 10.1 Å². The maximum atomic E-state index is 14.8. The van der Waals surface area contributed by atoms with Crippen LogP contribution in [-0.4, -0.2) is 59.6 Å². The van der Waals surface area contributed by atoms with Crippen LogP contribution in [0.1, 0.15) is 48.3 Å². The van der Waals surface area contributed by atoms with Crippen molar-refractivity contribution in [2.75, 3.05) is 19.6 Å². The number of imide groups is 1. The van der Waals surface area contributed by atoms with Gasteiger partial charge in [0.1, 0.15) is 18.1 Å². The fourth-order valence-corrected chi connectivity index (χ4v) is 5.84. The molecule has 3 amide bonds. The van der Waals surface area contributed by atoms with E-state index in [1.807, 2.05) is 36.4 Å². The van der Waals surface area contributed by atoms with E-state index in [4.69, 9.17) is 5.26 Å². The van der Waals surface area contributed by atoms with Gasteiger partial charge in [-0.2, -0.15) is 5.26 Å². The number of rotatable bonds is 8. The standard InChI is InChI=1S/C33H30F4N4O4.ClH/c34-27-15-21(17-38)9-11-25(27)23-10-12-29(45-33(35,36)37)24(16-23)18-39-28-13-14-40(19-26(28)22-5-2-1-3-6-22)32(44)20-41-30(42)7-4-8-31(41)43;/h1-3,5-6,9-12,15-16,26,28,39H,4,7-8,13-14,18-20H2;1H/t26-,28-;/m0./s1. The average Bonchev–Trinajstić information content (AvgIpc) is 3.02. The van der Waals surface area contributed by atoms with E-state index >= 15 is 0 Å². The fraction of sp³-hybridized carbons (Fsp3) is 0.333. The normalized spacial score (nSPS) is 18.5. The van der Waals surface area contributed by atoms with Crippen LogP contribution in [0.15, 0.2) is 66.7 Å². The van der Waals surface area contributed by atoms with Crippen LogP contribution < -0.4 is 10.1 Å². The average molecular weight is 659 g/mol. The molecule has 3 aromatic rings. The summed E-state index contributed by atoms with van der Waals surface area (Å²) in [6, 6.07) is 18.7. The molecule has 46 heavy (non-hydrogen) atoms. The lowest BCUT2D eigenvalue weighted by Gasteiger charge is -2.40. The van der Waals surface area contributed by atoms with E-state index in [0.29, 0.717) is 24.9 Å². The zero-order valence-corrected chi connectivity index (χ0v) is 25.4. The third-order valence-electron chi connectivity index (χ3n) is 8.12. The predicted octanol–water partition coefficient (Wildman–Crippen LogP) is 5.70. The van der Waals surface area contributed by atoms with Crippen molar-refractivity contribution in [2.45, 2.75) is 50.6 Å². The van der Waals surface area contributed by atoms with Gasteiger partial charge in [0.25, 0.3) is 0 Å². The number of nitrogens with one attached hydrogen (secondary N) is 1. The first kappa shape index (κ1) is 34.4. The molecule has 2 aliphatic rings. The Labute approximate surface area is 269 Å². The van der Waals surface area contributed by atoms with Crippen molar-refractivity contribution in [2.24, 2.45) is 0 Å². The van der Waals surface area contributed by atoms with Gasteiger partial charge in [-0.3, -0.25) is 19.3 Å². The van der Waals surface area contributed by atoms with Crippen LogP contribution in [0.5, 0.6) is 5.75 Å². The summed E-state index contributed by atoms with van der Waals surface area (Å²) >= 11 is 0. The quantitative estimate of drug-likeness (QED) is 0.246. The van der Waals surface area contributed by atoms with Gasteiger partial charge in [0.2, 0.25) is 17.7 Å². The number of hydrogen-bond donors (Lipinski definition) is 1. The van der Waals surface area contributed by atoms with Gasteiger partial charge in [0.05, 0.1) is 11.6 Å². The summed E-state index contributed by atoms with van der Waals surface area (Å²) < 4.78 is 58.9. The molecular formula is C33H31ClF4N4O4. The second kappa shape index (κ2) is 14.7. The van der Waals surface area contributed by atoms with Gasteiger partial charge in [0, 0.05) is 55.6 Å². The summed E-state index contributed by atoms with van der Waals surface area (Å²) in [6.45, 7) is 0.182. The van der Waals surface area contributed by atoms with E-state index < -0.39 is 17.9 Å². The van der Waals surface area contributed by atoms with E-state index in [0.717, 1.165) is 22.6 Å². The number of alkyl halides is 3. The Hall–Kier alpha value is -4.47. The van der Waals surface area contributed by atoms with Crippen molar-refractivity contribution < 1.29 is 36.7 Å². The molecule has 0 unspecified atom stereocenters. The smallest absolute Gasteiger partial charge is 0.405 e. The van der Waals surface area contributed by atoms with E-state index in [1.54, 1.807) is 4.90 Å². The number of nitriles is 1. The number of carbonyl (C=O) groups excluding carboxylic acids is 3. The Morgan fingerprint density at radius 1 is 1.02 bits per heavy atom. The Bertz CT molecular complexity index is 1610. The van der Waals surface area contributed by atoms with Gasteiger partial charge in [-0.15, -0.1) is 25.6 Å². The molecule has 2 fully saturated rings. The van der Waals surface area contributed by atoms with Gasteiger partial charge >= 0.3 is 6.36 Å². The van der Waals surface area contributed by atoms with Gasteiger partial charge in [0.15, 0.2) is 0 Å². The minimum absolute atomic E-state index is 0. The number of hydrogen-bond acceptors (Lipinski definition) is 6. The molecule has 3 aromatic carbocycles. The van der Waals surface area contributed by atoms with Gasteiger partial charge < -0.3 is 15.0 Å². The number of amides is 3. The molecule has 2 aliphatic heterocycles. The third kappa shape index (κ3) is 8.21.